The SMILES string of the molecule is CCCCC1=CC(=O)C=CC1=Cc1cccc([N+](=O)[O-])c1. The number of ketones is 1. The number of allylic oxidation sites excluding steroid dienone is 5. The molecule has 4 nitrogen and oxygen atoms in total. The van der Waals surface area contributed by atoms with Gasteiger partial charge < -0.3 is 0 Å². The Balaban J connectivity index is 2.31. The van der Waals surface area contributed by atoms with E-state index in [0.29, 0.717) is 0 Å². The van der Waals surface area contributed by atoms with Gasteiger partial charge in [0.25, 0.3) is 5.69 Å². The average Bonchev–Trinajstić information content (AvgIpc) is 2.47. The number of carbonyl (C=O) groups excluding carboxylic acids is 1. The molecule has 1 aromatic rings. The second kappa shape index (κ2) is 6.79. The van der Waals surface area contributed by atoms with Gasteiger partial charge in [-0.1, -0.05) is 31.6 Å². The van der Waals surface area contributed by atoms with Crippen LogP contribution in [0.5, 0.6) is 0 Å². The van der Waals surface area contributed by atoms with Gasteiger partial charge in [-0.15, -0.1) is 0 Å². The van der Waals surface area contributed by atoms with E-state index in [1.807, 2.05) is 12.1 Å². The quantitative estimate of drug-likeness (QED) is 0.600. The van der Waals surface area contributed by atoms with E-state index in [0.717, 1.165) is 36.0 Å². The topological polar surface area (TPSA) is 60.2 Å². The maximum Gasteiger partial charge on any atom is 0.270 e. The lowest BCUT2D eigenvalue weighted by molar-refractivity contribution is -0.384. The van der Waals surface area contributed by atoms with Crippen molar-refractivity contribution in [2.75, 3.05) is 0 Å². The predicted octanol–water partition coefficient (Wildman–Crippen LogP) is 4.23. The highest BCUT2D eigenvalue weighted by Gasteiger charge is 2.11. The van der Waals surface area contributed by atoms with Crippen molar-refractivity contribution in [3.8, 4) is 0 Å². The van der Waals surface area contributed by atoms with Crippen LogP contribution in [0.15, 0.2) is 53.6 Å². The molecule has 0 N–H and O–H groups in total. The van der Waals surface area contributed by atoms with E-state index in [1.165, 1.54) is 18.2 Å². The molecule has 0 bridgehead atoms. The van der Waals surface area contributed by atoms with Crippen LogP contribution in [0, 0.1) is 10.1 Å². The minimum Gasteiger partial charge on any atom is -0.290 e. The highest BCUT2D eigenvalue weighted by molar-refractivity contribution is 6.02. The first-order chi connectivity index (χ1) is 10.1. The summed E-state index contributed by atoms with van der Waals surface area (Å²) < 4.78 is 0. The summed E-state index contributed by atoms with van der Waals surface area (Å²) in [6, 6.07) is 6.49. The predicted molar refractivity (Wildman–Crippen MR) is 82.8 cm³/mol. The van der Waals surface area contributed by atoms with E-state index in [-0.39, 0.29) is 11.5 Å². The molecule has 1 aromatic carbocycles. The van der Waals surface area contributed by atoms with Crippen molar-refractivity contribution in [1.29, 1.82) is 0 Å². The zero-order valence-electron chi connectivity index (χ0n) is 11.9. The maximum absolute atomic E-state index is 11.5. The molecule has 0 aliphatic heterocycles. The van der Waals surface area contributed by atoms with Crippen LogP contribution in [0.4, 0.5) is 5.69 Å². The van der Waals surface area contributed by atoms with Gasteiger partial charge in [-0.05, 0) is 47.8 Å². The Morgan fingerprint density at radius 2 is 2.10 bits per heavy atom. The van der Waals surface area contributed by atoms with Gasteiger partial charge in [0.15, 0.2) is 5.78 Å². The third kappa shape index (κ3) is 3.99. The van der Waals surface area contributed by atoms with E-state index in [9.17, 15) is 14.9 Å². The fourth-order valence-electron chi connectivity index (χ4n) is 2.21. The zero-order valence-corrected chi connectivity index (χ0v) is 11.9. The summed E-state index contributed by atoms with van der Waals surface area (Å²) in [7, 11) is 0. The van der Waals surface area contributed by atoms with E-state index < -0.39 is 4.92 Å². The zero-order chi connectivity index (χ0) is 15.2. The van der Waals surface area contributed by atoms with Crippen LogP contribution in [0.1, 0.15) is 31.7 Å². The van der Waals surface area contributed by atoms with Crippen molar-refractivity contribution in [3.05, 3.63) is 69.3 Å². The van der Waals surface area contributed by atoms with Gasteiger partial charge in [0.1, 0.15) is 0 Å². The van der Waals surface area contributed by atoms with E-state index in [2.05, 4.69) is 6.92 Å². The summed E-state index contributed by atoms with van der Waals surface area (Å²) in [5.74, 6) is -0.00250. The molecule has 1 aliphatic rings. The summed E-state index contributed by atoms with van der Waals surface area (Å²) in [5.41, 5.74) is 2.78. The summed E-state index contributed by atoms with van der Waals surface area (Å²) in [6.07, 6.45) is 9.76. The molecule has 0 saturated carbocycles. The second-order valence-electron chi connectivity index (χ2n) is 4.96. The number of hydrogen-bond donors (Lipinski definition) is 0. The van der Waals surface area contributed by atoms with Crippen LogP contribution in [0.25, 0.3) is 6.08 Å². The molecule has 2 rings (SSSR count). The molecular weight excluding hydrogens is 266 g/mol. The number of unbranched alkanes of at least 4 members (excludes halogenated alkanes) is 1. The Hall–Kier alpha value is -2.49. The minimum atomic E-state index is -0.407. The highest BCUT2D eigenvalue weighted by atomic mass is 16.6. The number of nitro groups is 1. The Morgan fingerprint density at radius 3 is 2.81 bits per heavy atom. The monoisotopic (exact) mass is 283 g/mol. The van der Waals surface area contributed by atoms with Crippen molar-refractivity contribution in [1.82, 2.24) is 0 Å². The third-order valence-corrected chi connectivity index (χ3v) is 3.32. The molecular formula is C17H17NO3. The molecule has 0 atom stereocenters. The second-order valence-corrected chi connectivity index (χ2v) is 4.96. The van der Waals surface area contributed by atoms with Gasteiger partial charge in [0.05, 0.1) is 4.92 Å². The summed E-state index contributed by atoms with van der Waals surface area (Å²) in [5, 5.41) is 10.8. The van der Waals surface area contributed by atoms with Crippen molar-refractivity contribution in [2.45, 2.75) is 26.2 Å². The Labute approximate surface area is 123 Å². The van der Waals surface area contributed by atoms with Crippen molar-refractivity contribution >= 4 is 17.5 Å². The lowest BCUT2D eigenvalue weighted by atomic mass is 9.93. The van der Waals surface area contributed by atoms with Gasteiger partial charge in [0.2, 0.25) is 0 Å². The van der Waals surface area contributed by atoms with Crippen LogP contribution in [0.2, 0.25) is 0 Å². The first kappa shape index (κ1) is 14.9. The van der Waals surface area contributed by atoms with Crippen molar-refractivity contribution in [3.63, 3.8) is 0 Å². The molecule has 21 heavy (non-hydrogen) atoms. The lowest BCUT2D eigenvalue weighted by Gasteiger charge is -2.11. The molecule has 0 unspecified atom stereocenters. The number of benzene rings is 1. The molecule has 0 spiro atoms. The molecule has 0 aromatic heterocycles. The van der Waals surface area contributed by atoms with Gasteiger partial charge in [0, 0.05) is 12.1 Å². The highest BCUT2D eigenvalue weighted by Crippen LogP contribution is 2.25. The first-order valence-corrected chi connectivity index (χ1v) is 6.99. The van der Waals surface area contributed by atoms with Gasteiger partial charge in [-0.25, -0.2) is 0 Å². The standard InChI is InChI=1S/C17H17NO3/c1-2-3-6-14-12-17(19)9-8-15(14)10-13-5-4-7-16(11-13)18(20)21/h4-5,7-12H,2-3,6H2,1H3. The number of carbonyl (C=O) groups is 1. The number of non-ortho nitro benzene ring substituents is 1. The normalized spacial score (nSPS) is 16.1. The van der Waals surface area contributed by atoms with Crippen molar-refractivity contribution < 1.29 is 9.72 Å². The smallest absolute Gasteiger partial charge is 0.270 e. The Morgan fingerprint density at radius 1 is 1.29 bits per heavy atom. The van der Waals surface area contributed by atoms with Crippen LogP contribution in [-0.2, 0) is 4.79 Å². The van der Waals surface area contributed by atoms with Crippen LogP contribution in [-0.4, -0.2) is 10.7 Å². The molecule has 0 radical (unpaired) electrons. The van der Waals surface area contributed by atoms with Gasteiger partial charge in [-0.3, -0.25) is 14.9 Å². The molecule has 1 aliphatic carbocycles. The summed E-state index contributed by atoms with van der Waals surface area (Å²) in [4.78, 5) is 21.9. The molecule has 0 saturated heterocycles. The lowest BCUT2D eigenvalue weighted by Crippen LogP contribution is -2.00. The fourth-order valence-corrected chi connectivity index (χ4v) is 2.21. The minimum absolute atomic E-state index is 0.00250. The summed E-state index contributed by atoms with van der Waals surface area (Å²) >= 11 is 0. The molecule has 4 heteroatoms. The number of nitro benzene ring substituents is 1. The molecule has 0 fully saturated rings. The molecule has 0 heterocycles. The Bertz CT molecular complexity index is 654. The maximum atomic E-state index is 11.5. The Kier molecular flexibility index (Phi) is 4.82. The largest absolute Gasteiger partial charge is 0.290 e. The van der Waals surface area contributed by atoms with Gasteiger partial charge in [-0.2, -0.15) is 0 Å². The number of hydrogen-bond acceptors (Lipinski definition) is 3. The summed E-state index contributed by atoms with van der Waals surface area (Å²) in [6.45, 7) is 2.10. The average molecular weight is 283 g/mol. The van der Waals surface area contributed by atoms with E-state index in [1.54, 1.807) is 18.2 Å². The first-order valence-electron chi connectivity index (χ1n) is 6.99. The third-order valence-electron chi connectivity index (χ3n) is 3.32. The van der Waals surface area contributed by atoms with Gasteiger partial charge >= 0.3 is 0 Å². The van der Waals surface area contributed by atoms with E-state index in [4.69, 9.17) is 0 Å². The molecule has 108 valence electrons. The van der Waals surface area contributed by atoms with E-state index >= 15 is 0 Å². The number of rotatable bonds is 5. The van der Waals surface area contributed by atoms with Crippen molar-refractivity contribution in [2.24, 2.45) is 0 Å². The molecule has 0 amide bonds. The van der Waals surface area contributed by atoms with Crippen LogP contribution < -0.4 is 0 Å². The number of nitrogens with zero attached hydrogens (tertiary/aromatic N) is 1. The van der Waals surface area contributed by atoms with Crippen LogP contribution >= 0.6 is 0 Å². The van der Waals surface area contributed by atoms with Crippen LogP contribution in [0.3, 0.4) is 0 Å². The fraction of sp³-hybridized carbons (Fsp3) is 0.235.